The Morgan fingerprint density at radius 3 is 0.971 bits per heavy atom. The van der Waals surface area contributed by atoms with Crippen LogP contribution in [-0.4, -0.2) is 29.9 Å². The molecule has 0 saturated heterocycles. The van der Waals surface area contributed by atoms with Gasteiger partial charge in [-0.1, -0.05) is 303 Å². The van der Waals surface area contributed by atoms with E-state index in [4.69, 9.17) is 38.7 Å². The largest absolute Gasteiger partial charge is 0.455 e. The molecule has 14 aromatic carbocycles. The predicted molar refractivity (Wildman–Crippen MR) is 419 cm³/mol. The minimum absolute atomic E-state index is 0.657. The van der Waals surface area contributed by atoms with E-state index in [1.165, 1.54) is 21.5 Å². The van der Waals surface area contributed by atoms with Crippen LogP contribution in [0.1, 0.15) is 0 Å². The van der Waals surface area contributed by atoms with Gasteiger partial charge in [0.25, 0.3) is 0 Å². The van der Waals surface area contributed by atoms with Crippen molar-refractivity contribution in [2.75, 3.05) is 0 Å². The minimum atomic E-state index is 0.657. The fraction of sp³-hybridized carbons (Fsp3) is 0. The van der Waals surface area contributed by atoms with Crippen LogP contribution in [0, 0.1) is 0 Å². The predicted octanol–water partition coefficient (Wildman–Crippen LogP) is 24.8. The zero-order valence-corrected chi connectivity index (χ0v) is 55.0. The van der Waals surface area contributed by atoms with Gasteiger partial charge in [-0.15, -0.1) is 0 Å². The summed E-state index contributed by atoms with van der Waals surface area (Å²) in [6.07, 6.45) is 0. The summed E-state index contributed by atoms with van der Waals surface area (Å²) in [6.45, 7) is 0. The van der Waals surface area contributed by atoms with Crippen LogP contribution < -0.4 is 0 Å². The van der Waals surface area contributed by atoms with E-state index in [9.17, 15) is 0 Å². The van der Waals surface area contributed by atoms with Crippen LogP contribution in [0.4, 0.5) is 0 Å². The maximum absolute atomic E-state index is 6.79. The summed E-state index contributed by atoms with van der Waals surface area (Å²) in [5.74, 6) is 1.34. The quantitative estimate of drug-likeness (QED) is 0.133. The lowest BCUT2D eigenvalue weighted by Crippen LogP contribution is -1.96. The van der Waals surface area contributed by atoms with Crippen molar-refractivity contribution in [1.82, 2.24) is 29.9 Å². The van der Waals surface area contributed by atoms with Crippen LogP contribution in [0.3, 0.4) is 0 Å². The molecular formula is C94H58N6O2. The number of para-hydroxylation sites is 2. The number of aromatic nitrogens is 6. The van der Waals surface area contributed by atoms with E-state index in [2.05, 4.69) is 255 Å². The number of furan rings is 2. The highest BCUT2D eigenvalue weighted by molar-refractivity contribution is 6.25. The molecule has 0 amide bonds. The number of pyridine rings is 2. The maximum Gasteiger partial charge on any atom is 0.160 e. The van der Waals surface area contributed by atoms with Gasteiger partial charge in [0.15, 0.2) is 11.6 Å². The molecule has 0 N–H and O–H groups in total. The normalized spacial score (nSPS) is 11.5. The third kappa shape index (κ3) is 10.7. The molecule has 0 atom stereocenters. The van der Waals surface area contributed by atoms with Gasteiger partial charge in [-0.05, 0) is 92.3 Å². The number of rotatable bonds is 10. The Bertz CT molecular complexity index is 6100. The molecule has 0 fully saturated rings. The standard InChI is InChI=1S/2C47H29N3O/c1-3-15-31(16-4-1)40-29-41(50-47(49-40)32-17-5-2-6-18-32)33-20-11-21-34(28-33)45-44-38-23-9-10-27-42(38)51-46(44)43-37(25-13-26-39(43)48-45)36-24-12-19-30-14-7-8-22-35(30)36;1-3-15-31(16-4-1)40-29-41(32-17-5-2-6-18-32)50-47(49-40)34-21-11-20-33(28-34)45-44-38-23-9-10-27-42(38)51-46(44)43-37(25-13-26-39(43)48-45)36-24-12-19-30-14-7-8-22-35(30)36/h2*1-29H. The van der Waals surface area contributed by atoms with Gasteiger partial charge in [0.05, 0.1) is 66.7 Å². The van der Waals surface area contributed by atoms with E-state index in [-0.39, 0.29) is 0 Å². The first-order valence-corrected chi connectivity index (χ1v) is 34.2. The van der Waals surface area contributed by atoms with Crippen LogP contribution in [0.25, 0.3) is 200 Å². The average Bonchev–Trinajstić information content (AvgIpc) is 1.40. The Balaban J connectivity index is 0.000000141. The van der Waals surface area contributed by atoms with Crippen molar-refractivity contribution in [2.45, 2.75) is 0 Å². The zero-order chi connectivity index (χ0) is 67.5. The first-order chi connectivity index (χ1) is 50.6. The zero-order valence-electron chi connectivity index (χ0n) is 55.0. The van der Waals surface area contributed by atoms with Gasteiger partial charge in [0, 0.05) is 55.3 Å². The molecular weight excluding hydrogens is 1250 g/mol. The monoisotopic (exact) mass is 1300 g/mol. The van der Waals surface area contributed by atoms with E-state index < -0.39 is 0 Å². The van der Waals surface area contributed by atoms with Crippen molar-refractivity contribution < 1.29 is 8.83 Å². The Morgan fingerprint density at radius 1 is 0.196 bits per heavy atom. The highest BCUT2D eigenvalue weighted by Crippen LogP contribution is 2.47. The topological polar surface area (TPSA) is 104 Å². The number of hydrogen-bond acceptors (Lipinski definition) is 8. The van der Waals surface area contributed by atoms with Gasteiger partial charge < -0.3 is 8.83 Å². The second kappa shape index (κ2) is 25.2. The highest BCUT2D eigenvalue weighted by Gasteiger charge is 2.25. The van der Waals surface area contributed by atoms with Gasteiger partial charge in [0.1, 0.15) is 22.3 Å². The van der Waals surface area contributed by atoms with Crippen molar-refractivity contribution in [2.24, 2.45) is 0 Å². The van der Waals surface area contributed by atoms with Crippen molar-refractivity contribution in [3.63, 3.8) is 0 Å². The molecule has 20 aromatic rings. The van der Waals surface area contributed by atoms with Gasteiger partial charge >= 0.3 is 0 Å². The van der Waals surface area contributed by atoms with Crippen molar-refractivity contribution in [3.05, 3.63) is 352 Å². The summed E-state index contributed by atoms with van der Waals surface area (Å²) in [5.41, 5.74) is 22.8. The van der Waals surface area contributed by atoms with Gasteiger partial charge in [0.2, 0.25) is 0 Å². The third-order valence-corrected chi connectivity index (χ3v) is 19.3. The van der Waals surface area contributed by atoms with Crippen molar-refractivity contribution in [1.29, 1.82) is 0 Å². The SMILES string of the molecule is c1ccc(-c2cc(-c3cccc(-c4nc5cccc(-c6cccc7ccccc67)c5c5oc6ccccc6c45)c3)nc(-c3ccccc3)n2)cc1.c1ccc(-c2cc(-c3ccccc3)nc(-c3cccc(-c4nc5cccc(-c6cccc7ccccc67)c5c5oc6ccccc6c45)c3)n2)cc1. The lowest BCUT2D eigenvalue weighted by atomic mass is 9.93. The number of fused-ring (bicyclic) bond motifs is 12. The molecule has 102 heavy (non-hydrogen) atoms. The molecule has 20 rings (SSSR count). The molecule has 6 aromatic heterocycles. The summed E-state index contributed by atoms with van der Waals surface area (Å²) in [5, 5.41) is 10.9. The second-order valence-electron chi connectivity index (χ2n) is 25.5. The average molecular weight is 1300 g/mol. The van der Waals surface area contributed by atoms with E-state index in [0.29, 0.717) is 11.6 Å². The fourth-order valence-corrected chi connectivity index (χ4v) is 14.6. The van der Waals surface area contributed by atoms with Gasteiger partial charge in [-0.2, -0.15) is 0 Å². The lowest BCUT2D eigenvalue weighted by Gasteiger charge is -2.13. The van der Waals surface area contributed by atoms with Gasteiger partial charge in [-0.25, -0.2) is 29.9 Å². The Labute approximate surface area is 586 Å². The highest BCUT2D eigenvalue weighted by atomic mass is 16.3. The molecule has 0 bridgehead atoms. The second-order valence-corrected chi connectivity index (χ2v) is 25.5. The molecule has 0 unspecified atom stereocenters. The summed E-state index contributed by atoms with van der Waals surface area (Å²) < 4.78 is 13.6. The van der Waals surface area contributed by atoms with Crippen LogP contribution in [0.2, 0.25) is 0 Å². The summed E-state index contributed by atoms with van der Waals surface area (Å²) in [7, 11) is 0. The first kappa shape index (κ1) is 59.4. The minimum Gasteiger partial charge on any atom is -0.455 e. The molecule has 0 aliphatic heterocycles. The molecule has 0 saturated carbocycles. The third-order valence-electron chi connectivity index (χ3n) is 19.3. The van der Waals surface area contributed by atoms with E-state index in [1.807, 2.05) is 97.1 Å². The summed E-state index contributed by atoms with van der Waals surface area (Å²) in [4.78, 5) is 31.2. The Hall–Kier alpha value is -13.8. The van der Waals surface area contributed by atoms with Crippen molar-refractivity contribution in [3.8, 4) is 113 Å². The van der Waals surface area contributed by atoms with Crippen LogP contribution >= 0.6 is 0 Å². The van der Waals surface area contributed by atoms with E-state index in [1.54, 1.807) is 0 Å². The maximum atomic E-state index is 6.79. The molecule has 8 nitrogen and oxygen atoms in total. The Kier molecular flexibility index (Phi) is 14.7. The fourth-order valence-electron chi connectivity index (χ4n) is 14.6. The number of benzene rings is 14. The molecule has 0 aliphatic carbocycles. The van der Waals surface area contributed by atoms with E-state index >= 15 is 0 Å². The Morgan fingerprint density at radius 2 is 0.510 bits per heavy atom. The molecule has 0 radical (unpaired) electrons. The van der Waals surface area contributed by atoms with Crippen molar-refractivity contribution >= 4 is 87.2 Å². The molecule has 476 valence electrons. The lowest BCUT2D eigenvalue weighted by molar-refractivity contribution is 0.672. The molecule has 0 aliphatic rings. The molecule has 0 spiro atoms. The summed E-state index contributed by atoms with van der Waals surface area (Å²) >= 11 is 0. The molecule has 6 heterocycles. The van der Waals surface area contributed by atoms with Crippen LogP contribution in [-0.2, 0) is 0 Å². The number of hydrogen-bond donors (Lipinski definition) is 0. The molecule has 8 heteroatoms. The summed E-state index contributed by atoms with van der Waals surface area (Å²) in [6, 6.07) is 121. The first-order valence-electron chi connectivity index (χ1n) is 34.2. The number of nitrogens with zero attached hydrogens (tertiary/aromatic N) is 6. The van der Waals surface area contributed by atoms with Gasteiger partial charge in [-0.3, -0.25) is 0 Å². The van der Waals surface area contributed by atoms with Crippen LogP contribution in [0.15, 0.2) is 361 Å². The van der Waals surface area contributed by atoms with E-state index in [0.717, 1.165) is 167 Å². The smallest absolute Gasteiger partial charge is 0.160 e. The van der Waals surface area contributed by atoms with Crippen LogP contribution in [0.5, 0.6) is 0 Å².